The van der Waals surface area contributed by atoms with E-state index in [1.807, 2.05) is 12.1 Å². The zero-order valence-corrected chi connectivity index (χ0v) is 11.8. The number of halogens is 1. The van der Waals surface area contributed by atoms with E-state index in [0.717, 1.165) is 53.8 Å². The fourth-order valence-electron chi connectivity index (χ4n) is 2.12. The minimum Gasteiger partial charge on any atom is -0.493 e. The van der Waals surface area contributed by atoms with Crippen LogP contribution in [0.25, 0.3) is 0 Å². The van der Waals surface area contributed by atoms with Crippen LogP contribution in [0.3, 0.4) is 0 Å². The second-order valence-electron chi connectivity index (χ2n) is 4.79. The first-order valence-corrected chi connectivity index (χ1v) is 7.27. The Hall–Kier alpha value is -1.03. The maximum Gasteiger partial charge on any atom is 0.128 e. The highest BCUT2D eigenvalue weighted by molar-refractivity contribution is 9.10. The summed E-state index contributed by atoms with van der Waals surface area (Å²) in [5, 5.41) is 4.36. The fraction of sp³-hybridized carbons (Fsp3) is 0.500. The van der Waals surface area contributed by atoms with Crippen molar-refractivity contribution in [2.75, 3.05) is 6.61 Å². The number of hydrogen-bond donors (Lipinski definition) is 0. The summed E-state index contributed by atoms with van der Waals surface area (Å²) < 4.78 is 6.77. The smallest absolute Gasteiger partial charge is 0.128 e. The second-order valence-corrected chi connectivity index (χ2v) is 5.70. The van der Waals surface area contributed by atoms with Crippen molar-refractivity contribution in [1.82, 2.24) is 0 Å². The van der Waals surface area contributed by atoms with Gasteiger partial charge < -0.3 is 9.57 Å². The van der Waals surface area contributed by atoms with Crippen LogP contribution in [0.2, 0.25) is 0 Å². The van der Waals surface area contributed by atoms with E-state index in [2.05, 4.69) is 27.2 Å². The van der Waals surface area contributed by atoms with E-state index in [1.165, 1.54) is 6.42 Å². The maximum atomic E-state index is 5.72. The Morgan fingerprint density at radius 3 is 2.94 bits per heavy atom. The van der Waals surface area contributed by atoms with E-state index in [0.29, 0.717) is 6.10 Å². The van der Waals surface area contributed by atoms with Gasteiger partial charge in [0, 0.05) is 10.0 Å². The molecule has 96 valence electrons. The molecule has 0 unspecified atom stereocenters. The molecule has 1 saturated carbocycles. The van der Waals surface area contributed by atoms with Crippen LogP contribution in [-0.4, -0.2) is 18.4 Å². The third-order valence-corrected chi connectivity index (χ3v) is 3.93. The fourth-order valence-corrected chi connectivity index (χ4v) is 2.48. The number of fused-ring (bicyclic) bond motifs is 1. The van der Waals surface area contributed by atoms with Gasteiger partial charge in [-0.1, -0.05) is 21.1 Å². The van der Waals surface area contributed by atoms with Gasteiger partial charge in [-0.2, -0.15) is 0 Å². The van der Waals surface area contributed by atoms with Crippen molar-refractivity contribution in [3.05, 3.63) is 28.2 Å². The number of hydrogen-bond acceptors (Lipinski definition) is 3. The standard InChI is InChI=1S/C14H16BrNO2/c15-10-6-7-14-12(9-10)13(5-2-8-17-14)16-18-11-3-1-4-11/h6-7,9,11H,1-5,8H2/b16-13+. The van der Waals surface area contributed by atoms with E-state index in [-0.39, 0.29) is 0 Å². The molecule has 3 nitrogen and oxygen atoms in total. The summed E-state index contributed by atoms with van der Waals surface area (Å²) in [4.78, 5) is 5.59. The van der Waals surface area contributed by atoms with Crippen LogP contribution in [0, 0.1) is 0 Å². The highest BCUT2D eigenvalue weighted by Crippen LogP contribution is 2.29. The van der Waals surface area contributed by atoms with E-state index in [4.69, 9.17) is 9.57 Å². The summed E-state index contributed by atoms with van der Waals surface area (Å²) in [7, 11) is 0. The predicted molar refractivity (Wildman–Crippen MR) is 74.1 cm³/mol. The van der Waals surface area contributed by atoms with Crippen molar-refractivity contribution in [3.8, 4) is 5.75 Å². The molecule has 2 aliphatic rings. The average molecular weight is 310 g/mol. The molecule has 0 bridgehead atoms. The Bertz CT molecular complexity index is 469. The summed E-state index contributed by atoms with van der Waals surface area (Å²) in [6.07, 6.45) is 5.77. The molecule has 18 heavy (non-hydrogen) atoms. The Labute approximate surface area is 115 Å². The SMILES string of the molecule is Brc1ccc2c(c1)/C(=N/OC1CCC1)CCCO2. The summed E-state index contributed by atoms with van der Waals surface area (Å²) in [6.45, 7) is 0.747. The van der Waals surface area contributed by atoms with Crippen molar-refractivity contribution in [2.45, 2.75) is 38.2 Å². The molecule has 1 heterocycles. The first-order valence-electron chi connectivity index (χ1n) is 6.48. The molecule has 1 fully saturated rings. The lowest BCUT2D eigenvalue weighted by Crippen LogP contribution is -2.20. The molecule has 0 radical (unpaired) electrons. The maximum absolute atomic E-state index is 5.72. The van der Waals surface area contributed by atoms with Gasteiger partial charge >= 0.3 is 0 Å². The van der Waals surface area contributed by atoms with Gasteiger partial charge in [-0.05, 0) is 50.3 Å². The van der Waals surface area contributed by atoms with Crippen molar-refractivity contribution in [1.29, 1.82) is 0 Å². The average Bonchev–Trinajstić information content (AvgIpc) is 2.50. The molecule has 0 aromatic heterocycles. The normalized spacial score (nSPS) is 21.7. The Kier molecular flexibility index (Phi) is 3.55. The van der Waals surface area contributed by atoms with E-state index in [9.17, 15) is 0 Å². The number of nitrogens with zero attached hydrogens (tertiary/aromatic N) is 1. The van der Waals surface area contributed by atoms with Crippen LogP contribution in [0.15, 0.2) is 27.8 Å². The third-order valence-electron chi connectivity index (χ3n) is 3.43. The zero-order valence-electron chi connectivity index (χ0n) is 10.2. The number of rotatable bonds is 2. The van der Waals surface area contributed by atoms with E-state index in [1.54, 1.807) is 0 Å². The van der Waals surface area contributed by atoms with Crippen LogP contribution in [-0.2, 0) is 4.84 Å². The molecule has 3 rings (SSSR count). The summed E-state index contributed by atoms with van der Waals surface area (Å²) in [6, 6.07) is 6.04. The van der Waals surface area contributed by atoms with Crippen molar-refractivity contribution in [3.63, 3.8) is 0 Å². The first-order chi connectivity index (χ1) is 8.83. The van der Waals surface area contributed by atoms with Gasteiger partial charge in [0.15, 0.2) is 0 Å². The highest BCUT2D eigenvalue weighted by Gasteiger charge is 2.21. The van der Waals surface area contributed by atoms with E-state index >= 15 is 0 Å². The van der Waals surface area contributed by atoms with Gasteiger partial charge in [-0.15, -0.1) is 0 Å². The van der Waals surface area contributed by atoms with Crippen LogP contribution in [0.4, 0.5) is 0 Å². The molecule has 1 aliphatic heterocycles. The minimum atomic E-state index is 0.331. The van der Waals surface area contributed by atoms with Gasteiger partial charge in [0.05, 0.1) is 12.3 Å². The van der Waals surface area contributed by atoms with Crippen molar-refractivity contribution >= 4 is 21.6 Å². The van der Waals surface area contributed by atoms with Crippen LogP contribution >= 0.6 is 15.9 Å². The molecule has 1 aromatic rings. The molecule has 0 saturated heterocycles. The number of benzene rings is 1. The van der Waals surface area contributed by atoms with Crippen LogP contribution in [0.1, 0.15) is 37.7 Å². The zero-order chi connectivity index (χ0) is 12.4. The molecular formula is C14H16BrNO2. The first kappa shape index (κ1) is 12.0. The van der Waals surface area contributed by atoms with Crippen LogP contribution in [0.5, 0.6) is 5.75 Å². The largest absolute Gasteiger partial charge is 0.493 e. The van der Waals surface area contributed by atoms with Gasteiger partial charge in [0.2, 0.25) is 0 Å². The lowest BCUT2D eigenvalue weighted by atomic mass is 9.97. The Balaban J connectivity index is 1.87. The predicted octanol–water partition coefficient (Wildman–Crippen LogP) is 3.89. The highest BCUT2D eigenvalue weighted by atomic mass is 79.9. The van der Waals surface area contributed by atoms with Gasteiger partial charge in [0.1, 0.15) is 11.9 Å². The minimum absolute atomic E-state index is 0.331. The quantitative estimate of drug-likeness (QED) is 0.776. The van der Waals surface area contributed by atoms with Gasteiger partial charge in [-0.25, -0.2) is 0 Å². The summed E-state index contributed by atoms with van der Waals surface area (Å²) in [5.41, 5.74) is 2.07. The lowest BCUT2D eigenvalue weighted by Gasteiger charge is -2.23. The molecule has 0 N–H and O–H groups in total. The van der Waals surface area contributed by atoms with Crippen molar-refractivity contribution < 1.29 is 9.57 Å². The van der Waals surface area contributed by atoms with Crippen LogP contribution < -0.4 is 4.74 Å². The van der Waals surface area contributed by atoms with E-state index < -0.39 is 0 Å². The topological polar surface area (TPSA) is 30.8 Å². The van der Waals surface area contributed by atoms with Crippen molar-refractivity contribution in [2.24, 2.45) is 5.16 Å². The third kappa shape index (κ3) is 2.53. The number of oxime groups is 1. The molecule has 0 spiro atoms. The molecule has 0 amide bonds. The van der Waals surface area contributed by atoms with Gasteiger partial charge in [-0.3, -0.25) is 0 Å². The summed E-state index contributed by atoms with van der Waals surface area (Å²) in [5.74, 6) is 0.909. The summed E-state index contributed by atoms with van der Waals surface area (Å²) >= 11 is 3.50. The molecule has 1 aromatic carbocycles. The second kappa shape index (κ2) is 5.31. The molecule has 0 atom stereocenters. The number of ether oxygens (including phenoxy) is 1. The van der Waals surface area contributed by atoms with Gasteiger partial charge in [0.25, 0.3) is 0 Å². The Morgan fingerprint density at radius 2 is 2.17 bits per heavy atom. The molecule has 4 heteroatoms. The Morgan fingerprint density at radius 1 is 1.28 bits per heavy atom. The monoisotopic (exact) mass is 309 g/mol. The lowest BCUT2D eigenvalue weighted by molar-refractivity contribution is 0.00581. The molecular weight excluding hydrogens is 294 g/mol. The molecule has 1 aliphatic carbocycles.